The largest absolute Gasteiger partial charge is 0.493 e. The number of amides is 2. The molecule has 11 nitrogen and oxygen atoms in total. The number of methoxy groups -OCH3 is 1. The van der Waals surface area contributed by atoms with Crippen LogP contribution in [0.3, 0.4) is 0 Å². The molecule has 4 aromatic rings. The lowest BCUT2D eigenvalue weighted by atomic mass is 9.99. The van der Waals surface area contributed by atoms with Crippen LogP contribution in [-0.2, 0) is 11.3 Å². The monoisotopic (exact) mass is 654 g/mol. The van der Waals surface area contributed by atoms with E-state index >= 15 is 4.39 Å². The summed E-state index contributed by atoms with van der Waals surface area (Å²) >= 11 is 3.56. The average Bonchev–Trinajstić information content (AvgIpc) is 3.73. The molecule has 0 spiro atoms. The van der Waals surface area contributed by atoms with E-state index in [1.807, 2.05) is 11.0 Å². The molecular weight excluding hydrogens is 626 g/mol. The van der Waals surface area contributed by atoms with Gasteiger partial charge in [-0.3, -0.25) is 14.3 Å². The van der Waals surface area contributed by atoms with Crippen molar-refractivity contribution < 1.29 is 23.1 Å². The van der Waals surface area contributed by atoms with E-state index in [0.717, 1.165) is 6.20 Å². The summed E-state index contributed by atoms with van der Waals surface area (Å²) in [6.07, 6.45) is 7.24. The molecule has 2 amide bonds. The van der Waals surface area contributed by atoms with E-state index in [0.29, 0.717) is 78.3 Å². The number of carbonyl (C=O) groups is 2. The first kappa shape index (κ1) is 28.8. The van der Waals surface area contributed by atoms with Crippen molar-refractivity contribution in [1.82, 2.24) is 34.8 Å². The summed E-state index contributed by atoms with van der Waals surface area (Å²) in [6, 6.07) is 4.64. The number of benzene rings is 1. The van der Waals surface area contributed by atoms with Crippen LogP contribution in [-0.4, -0.2) is 93.0 Å². The first-order valence-electron chi connectivity index (χ1n) is 13.9. The number of hydrogen-bond acceptors (Lipinski definition) is 7. The average molecular weight is 656 g/mol. The maximum Gasteiger partial charge on any atom is 0.270 e. The van der Waals surface area contributed by atoms with Crippen LogP contribution in [0.1, 0.15) is 28.9 Å². The summed E-state index contributed by atoms with van der Waals surface area (Å²) in [4.78, 5) is 38.8. The highest BCUT2D eigenvalue weighted by atomic mass is 79.9. The zero-order valence-electron chi connectivity index (χ0n) is 23.4. The molecule has 0 radical (unpaired) electrons. The highest BCUT2D eigenvalue weighted by Gasteiger charge is 2.28. The molecule has 43 heavy (non-hydrogen) atoms. The van der Waals surface area contributed by atoms with Gasteiger partial charge in [-0.05, 0) is 24.1 Å². The second kappa shape index (κ2) is 12.1. The Kier molecular flexibility index (Phi) is 8.10. The Balaban J connectivity index is 1.16. The zero-order chi connectivity index (χ0) is 30.1. The van der Waals surface area contributed by atoms with Gasteiger partial charge in [0.05, 0.1) is 31.6 Å². The molecule has 224 valence electrons. The third kappa shape index (κ3) is 5.83. The molecule has 2 aliphatic rings. The lowest BCUT2D eigenvalue weighted by molar-refractivity contribution is -0.131. The number of nitrogens with zero attached hydrogens (tertiary/aromatic N) is 7. The van der Waals surface area contributed by atoms with Gasteiger partial charge < -0.3 is 24.4 Å². The fourth-order valence-electron chi connectivity index (χ4n) is 5.53. The van der Waals surface area contributed by atoms with Gasteiger partial charge in [0, 0.05) is 73.4 Å². The van der Waals surface area contributed by atoms with Crippen LogP contribution >= 0.6 is 15.9 Å². The molecule has 5 heterocycles. The number of fused-ring (bicyclic) bond motifs is 1. The smallest absolute Gasteiger partial charge is 0.270 e. The summed E-state index contributed by atoms with van der Waals surface area (Å²) in [6.45, 7) is 3.03. The molecule has 1 fully saturated rings. The SMILES string of the molecule is COc1cc(F)cnc1N1CCN(C(=O)c2cc3c(Br)cc(C4=CCCN(C(=O)CCn5ccnn5)C4)c(F)c3[nH]2)CC1. The van der Waals surface area contributed by atoms with Crippen LogP contribution in [0.15, 0.2) is 47.3 Å². The van der Waals surface area contributed by atoms with Crippen molar-refractivity contribution in [3.8, 4) is 5.75 Å². The number of pyridine rings is 1. The molecule has 1 N–H and O–H groups in total. The van der Waals surface area contributed by atoms with Crippen molar-refractivity contribution in [3.63, 3.8) is 0 Å². The Labute approximate surface area is 254 Å². The van der Waals surface area contributed by atoms with Crippen LogP contribution in [0.2, 0.25) is 0 Å². The minimum Gasteiger partial charge on any atom is -0.493 e. The number of ether oxygens (including phenoxy) is 1. The van der Waals surface area contributed by atoms with Crippen LogP contribution in [0, 0.1) is 11.6 Å². The van der Waals surface area contributed by atoms with Crippen LogP contribution in [0.5, 0.6) is 5.75 Å². The van der Waals surface area contributed by atoms with Crippen molar-refractivity contribution in [2.75, 3.05) is 51.3 Å². The van der Waals surface area contributed by atoms with E-state index in [9.17, 15) is 14.0 Å². The van der Waals surface area contributed by atoms with Crippen molar-refractivity contribution in [2.24, 2.45) is 0 Å². The third-order valence-electron chi connectivity index (χ3n) is 7.79. The lowest BCUT2D eigenvalue weighted by Crippen LogP contribution is -2.49. The van der Waals surface area contributed by atoms with Gasteiger partial charge >= 0.3 is 0 Å². The molecule has 2 aliphatic heterocycles. The predicted molar refractivity (Wildman–Crippen MR) is 159 cm³/mol. The molecule has 0 bridgehead atoms. The molecule has 1 aromatic carbocycles. The van der Waals surface area contributed by atoms with Crippen LogP contribution in [0.4, 0.5) is 14.6 Å². The zero-order valence-corrected chi connectivity index (χ0v) is 25.0. The Hall–Kier alpha value is -4.33. The number of nitrogens with one attached hydrogen (secondary N) is 1. The number of H-pyrrole nitrogens is 1. The molecule has 0 saturated carbocycles. The molecule has 0 aliphatic carbocycles. The maximum atomic E-state index is 16.0. The second-order valence-electron chi connectivity index (χ2n) is 10.4. The quantitative estimate of drug-likeness (QED) is 0.322. The highest BCUT2D eigenvalue weighted by molar-refractivity contribution is 9.10. The van der Waals surface area contributed by atoms with Gasteiger partial charge in [0.15, 0.2) is 17.4 Å². The Morgan fingerprint density at radius 3 is 2.65 bits per heavy atom. The number of anilines is 1. The predicted octanol–water partition coefficient (Wildman–Crippen LogP) is 3.87. The Morgan fingerprint density at radius 2 is 1.91 bits per heavy atom. The minimum absolute atomic E-state index is 0.0387. The molecule has 1 saturated heterocycles. The van der Waals surface area contributed by atoms with Crippen molar-refractivity contribution in [2.45, 2.75) is 19.4 Å². The van der Waals surface area contributed by atoms with E-state index in [1.165, 1.54) is 13.2 Å². The van der Waals surface area contributed by atoms with Gasteiger partial charge in [0.25, 0.3) is 5.91 Å². The number of aryl methyl sites for hydroxylation is 1. The summed E-state index contributed by atoms with van der Waals surface area (Å²) < 4.78 is 37.1. The highest BCUT2D eigenvalue weighted by Crippen LogP contribution is 2.35. The number of hydrogen-bond donors (Lipinski definition) is 1. The number of aromatic amines is 1. The molecule has 14 heteroatoms. The van der Waals surface area contributed by atoms with Gasteiger partial charge in [0.1, 0.15) is 11.5 Å². The number of aromatic nitrogens is 5. The van der Waals surface area contributed by atoms with Crippen LogP contribution < -0.4 is 9.64 Å². The number of rotatable bonds is 7. The Bertz CT molecular complexity index is 1700. The standard InChI is InChI=1S/C29H29BrF2N8O3/c1-43-24-13-19(31)16-33-28(24)37-9-11-38(12-10-37)29(42)23-15-21-22(30)14-20(26(32)27(21)35-23)18-3-2-6-39(17-18)25(41)4-7-40-8-5-34-36-40/h3,5,8,13-16,35H,2,4,6-7,9-12,17H2,1H3. The number of piperazine rings is 1. The van der Waals surface area contributed by atoms with Gasteiger partial charge in [-0.2, -0.15) is 0 Å². The Morgan fingerprint density at radius 1 is 1.09 bits per heavy atom. The minimum atomic E-state index is -0.486. The normalized spacial score (nSPS) is 15.6. The second-order valence-corrected chi connectivity index (χ2v) is 11.3. The van der Waals surface area contributed by atoms with E-state index < -0.39 is 11.6 Å². The third-order valence-corrected chi connectivity index (χ3v) is 8.45. The fourth-order valence-corrected chi connectivity index (χ4v) is 6.07. The van der Waals surface area contributed by atoms with Gasteiger partial charge in [-0.1, -0.05) is 27.2 Å². The summed E-state index contributed by atoms with van der Waals surface area (Å²) in [7, 11) is 1.46. The van der Waals surface area contributed by atoms with E-state index in [-0.39, 0.29) is 36.0 Å². The van der Waals surface area contributed by atoms with E-state index in [1.54, 1.807) is 39.0 Å². The van der Waals surface area contributed by atoms with Gasteiger partial charge in [-0.15, -0.1) is 5.10 Å². The first-order chi connectivity index (χ1) is 20.8. The molecule has 0 atom stereocenters. The van der Waals surface area contributed by atoms with Crippen molar-refractivity contribution in [1.29, 1.82) is 0 Å². The molecular formula is C29H29BrF2N8O3. The topological polar surface area (TPSA) is 112 Å². The molecule has 0 unspecified atom stereocenters. The first-order valence-corrected chi connectivity index (χ1v) is 14.7. The van der Waals surface area contributed by atoms with Crippen LogP contribution in [0.25, 0.3) is 16.5 Å². The molecule has 3 aromatic heterocycles. The van der Waals surface area contributed by atoms with E-state index in [2.05, 4.69) is 36.2 Å². The van der Waals surface area contributed by atoms with Gasteiger partial charge in [-0.25, -0.2) is 13.8 Å². The summed E-state index contributed by atoms with van der Waals surface area (Å²) in [5.41, 5.74) is 1.59. The fraction of sp³-hybridized carbons (Fsp3) is 0.345. The molecule has 6 rings (SSSR count). The van der Waals surface area contributed by atoms with Gasteiger partial charge in [0.2, 0.25) is 5.91 Å². The summed E-state index contributed by atoms with van der Waals surface area (Å²) in [5, 5.41) is 8.21. The maximum absolute atomic E-state index is 16.0. The number of halogens is 3. The lowest BCUT2D eigenvalue weighted by Gasteiger charge is -2.35. The number of carbonyl (C=O) groups excluding carboxylic acids is 2. The van der Waals surface area contributed by atoms with Crippen molar-refractivity contribution >= 4 is 50.0 Å². The van der Waals surface area contributed by atoms with E-state index in [4.69, 9.17) is 4.74 Å². The summed E-state index contributed by atoms with van der Waals surface area (Å²) in [5.74, 6) is -0.391. The van der Waals surface area contributed by atoms with Crippen molar-refractivity contribution in [3.05, 3.63) is 70.2 Å².